The van der Waals surface area contributed by atoms with Crippen LogP contribution in [-0.2, 0) is 16.1 Å². The van der Waals surface area contributed by atoms with E-state index in [1.54, 1.807) is 28.0 Å². The van der Waals surface area contributed by atoms with Gasteiger partial charge in [0.1, 0.15) is 6.54 Å². The molecule has 6 nitrogen and oxygen atoms in total. The number of rotatable bonds is 2. The van der Waals surface area contributed by atoms with Gasteiger partial charge in [-0.2, -0.15) is 5.10 Å². The Morgan fingerprint density at radius 1 is 1.47 bits per heavy atom. The monoisotopic (exact) mass is 262 g/mol. The SMILES string of the molecule is O=C(Cn1cccn1)N1CCC2(CCCNC2=O)C1. The summed E-state index contributed by atoms with van der Waals surface area (Å²) in [6.07, 6.45) is 6.12. The van der Waals surface area contributed by atoms with Crippen LogP contribution >= 0.6 is 0 Å². The van der Waals surface area contributed by atoms with E-state index < -0.39 is 0 Å². The summed E-state index contributed by atoms with van der Waals surface area (Å²) < 4.78 is 1.62. The Hall–Kier alpha value is -1.85. The van der Waals surface area contributed by atoms with E-state index in [9.17, 15) is 9.59 Å². The lowest BCUT2D eigenvalue weighted by Crippen LogP contribution is -2.48. The fourth-order valence-electron chi connectivity index (χ4n) is 3.04. The Labute approximate surface area is 111 Å². The van der Waals surface area contributed by atoms with Gasteiger partial charge in [-0.1, -0.05) is 0 Å². The molecular weight excluding hydrogens is 244 g/mol. The van der Waals surface area contributed by atoms with Crippen molar-refractivity contribution in [3.8, 4) is 0 Å². The molecule has 0 saturated carbocycles. The maximum absolute atomic E-state index is 12.2. The molecule has 2 saturated heterocycles. The van der Waals surface area contributed by atoms with E-state index in [1.165, 1.54) is 0 Å². The van der Waals surface area contributed by atoms with Gasteiger partial charge >= 0.3 is 0 Å². The number of hydrogen-bond acceptors (Lipinski definition) is 3. The first kappa shape index (κ1) is 12.2. The second kappa shape index (κ2) is 4.68. The Morgan fingerprint density at radius 2 is 2.37 bits per heavy atom. The smallest absolute Gasteiger partial charge is 0.244 e. The quantitative estimate of drug-likeness (QED) is 0.816. The minimum Gasteiger partial charge on any atom is -0.356 e. The molecule has 1 spiro atoms. The van der Waals surface area contributed by atoms with Crippen molar-refractivity contribution >= 4 is 11.8 Å². The van der Waals surface area contributed by atoms with Gasteiger partial charge in [0.2, 0.25) is 11.8 Å². The fourth-order valence-corrected chi connectivity index (χ4v) is 3.04. The van der Waals surface area contributed by atoms with Crippen molar-refractivity contribution in [1.82, 2.24) is 20.0 Å². The molecule has 3 rings (SSSR count). The first-order valence-corrected chi connectivity index (χ1v) is 6.73. The van der Waals surface area contributed by atoms with Gasteiger partial charge in [0, 0.05) is 32.0 Å². The van der Waals surface area contributed by atoms with Gasteiger partial charge in [0.15, 0.2) is 0 Å². The van der Waals surface area contributed by atoms with Crippen LogP contribution in [0.25, 0.3) is 0 Å². The van der Waals surface area contributed by atoms with Crippen LogP contribution in [0.15, 0.2) is 18.5 Å². The third-order valence-electron chi connectivity index (χ3n) is 4.16. The highest BCUT2D eigenvalue weighted by Gasteiger charge is 2.46. The van der Waals surface area contributed by atoms with E-state index in [2.05, 4.69) is 10.4 Å². The molecule has 2 aliphatic rings. The van der Waals surface area contributed by atoms with Gasteiger partial charge < -0.3 is 10.2 Å². The average molecular weight is 262 g/mol. The zero-order chi connectivity index (χ0) is 13.3. The van der Waals surface area contributed by atoms with Crippen LogP contribution in [0.5, 0.6) is 0 Å². The zero-order valence-corrected chi connectivity index (χ0v) is 10.8. The summed E-state index contributed by atoms with van der Waals surface area (Å²) in [6, 6.07) is 1.80. The molecule has 0 aliphatic carbocycles. The lowest BCUT2D eigenvalue weighted by molar-refractivity contribution is -0.135. The summed E-state index contributed by atoms with van der Waals surface area (Å²) >= 11 is 0. The Morgan fingerprint density at radius 3 is 3.11 bits per heavy atom. The minimum atomic E-state index is -0.335. The molecule has 1 aromatic rings. The van der Waals surface area contributed by atoms with Crippen LogP contribution in [0.1, 0.15) is 19.3 Å². The Kier molecular flexibility index (Phi) is 3.00. The highest BCUT2D eigenvalue weighted by atomic mass is 16.2. The number of piperidine rings is 1. The molecule has 102 valence electrons. The molecule has 19 heavy (non-hydrogen) atoms. The number of nitrogens with zero attached hydrogens (tertiary/aromatic N) is 3. The summed E-state index contributed by atoms with van der Waals surface area (Å²) in [5.74, 6) is 0.159. The number of hydrogen-bond donors (Lipinski definition) is 1. The summed E-state index contributed by atoms with van der Waals surface area (Å²) in [7, 11) is 0. The van der Waals surface area contributed by atoms with E-state index in [0.717, 1.165) is 25.8 Å². The van der Waals surface area contributed by atoms with Crippen molar-refractivity contribution in [2.24, 2.45) is 5.41 Å². The standard InChI is InChI=1S/C13H18N4O2/c18-11(9-17-7-2-6-15-17)16-8-4-13(10-16)3-1-5-14-12(13)19/h2,6-7H,1,3-5,8-10H2,(H,14,19). The fraction of sp³-hybridized carbons (Fsp3) is 0.615. The zero-order valence-electron chi connectivity index (χ0n) is 10.8. The van der Waals surface area contributed by atoms with Crippen LogP contribution < -0.4 is 5.32 Å². The summed E-state index contributed by atoms with van der Waals surface area (Å²) in [4.78, 5) is 26.0. The number of aromatic nitrogens is 2. The number of nitrogens with one attached hydrogen (secondary N) is 1. The van der Waals surface area contributed by atoms with Crippen molar-refractivity contribution < 1.29 is 9.59 Å². The molecule has 1 N–H and O–H groups in total. The molecule has 3 heterocycles. The summed E-state index contributed by atoms with van der Waals surface area (Å²) in [5.41, 5.74) is -0.335. The predicted octanol–water partition coefficient (Wildman–Crippen LogP) is 0.0118. The van der Waals surface area contributed by atoms with E-state index >= 15 is 0 Å². The first-order chi connectivity index (χ1) is 9.20. The number of carbonyl (C=O) groups excluding carboxylic acids is 2. The molecule has 1 atom stereocenters. The van der Waals surface area contributed by atoms with Crippen molar-refractivity contribution in [2.45, 2.75) is 25.8 Å². The minimum absolute atomic E-state index is 0.0407. The average Bonchev–Trinajstić information content (AvgIpc) is 3.04. The van der Waals surface area contributed by atoms with Crippen LogP contribution in [0, 0.1) is 5.41 Å². The second-order valence-corrected chi connectivity index (χ2v) is 5.41. The second-order valence-electron chi connectivity index (χ2n) is 5.41. The molecule has 2 aliphatic heterocycles. The van der Waals surface area contributed by atoms with Gasteiger partial charge in [0.05, 0.1) is 5.41 Å². The molecule has 6 heteroatoms. The van der Waals surface area contributed by atoms with Crippen LogP contribution in [0.3, 0.4) is 0 Å². The molecule has 0 radical (unpaired) electrons. The molecule has 0 bridgehead atoms. The van der Waals surface area contributed by atoms with E-state index in [-0.39, 0.29) is 23.8 Å². The van der Waals surface area contributed by atoms with Gasteiger partial charge in [0.25, 0.3) is 0 Å². The summed E-state index contributed by atoms with van der Waals surface area (Å²) in [6.45, 7) is 2.25. The Bertz CT molecular complexity index is 485. The van der Waals surface area contributed by atoms with Crippen LogP contribution in [0.2, 0.25) is 0 Å². The van der Waals surface area contributed by atoms with Gasteiger partial charge in [-0.05, 0) is 25.3 Å². The normalized spacial score (nSPS) is 26.7. The van der Waals surface area contributed by atoms with E-state index in [0.29, 0.717) is 13.1 Å². The molecule has 2 fully saturated rings. The van der Waals surface area contributed by atoms with Crippen LogP contribution in [-0.4, -0.2) is 46.1 Å². The lowest BCUT2D eigenvalue weighted by atomic mass is 9.79. The van der Waals surface area contributed by atoms with Gasteiger partial charge in [-0.15, -0.1) is 0 Å². The molecule has 2 amide bonds. The van der Waals surface area contributed by atoms with E-state index in [4.69, 9.17) is 0 Å². The predicted molar refractivity (Wildman–Crippen MR) is 68.1 cm³/mol. The Balaban J connectivity index is 1.65. The van der Waals surface area contributed by atoms with Gasteiger partial charge in [-0.25, -0.2) is 0 Å². The number of likely N-dealkylation sites (tertiary alicyclic amines) is 1. The molecule has 0 aromatic carbocycles. The van der Waals surface area contributed by atoms with E-state index in [1.807, 2.05) is 0 Å². The largest absolute Gasteiger partial charge is 0.356 e. The molecule has 1 unspecified atom stereocenters. The maximum atomic E-state index is 12.2. The van der Waals surface area contributed by atoms with Crippen molar-refractivity contribution in [3.63, 3.8) is 0 Å². The third kappa shape index (κ3) is 2.22. The summed E-state index contributed by atoms with van der Waals surface area (Å²) in [5, 5.41) is 6.96. The van der Waals surface area contributed by atoms with Crippen molar-refractivity contribution in [3.05, 3.63) is 18.5 Å². The first-order valence-electron chi connectivity index (χ1n) is 6.73. The van der Waals surface area contributed by atoms with Crippen molar-refractivity contribution in [1.29, 1.82) is 0 Å². The molecule has 1 aromatic heterocycles. The lowest BCUT2D eigenvalue weighted by Gasteiger charge is -2.32. The molecular formula is C13H18N4O2. The van der Waals surface area contributed by atoms with Crippen molar-refractivity contribution in [2.75, 3.05) is 19.6 Å². The number of carbonyl (C=O) groups is 2. The maximum Gasteiger partial charge on any atom is 0.244 e. The highest BCUT2D eigenvalue weighted by Crippen LogP contribution is 2.37. The van der Waals surface area contributed by atoms with Gasteiger partial charge in [-0.3, -0.25) is 14.3 Å². The van der Waals surface area contributed by atoms with Crippen LogP contribution in [0.4, 0.5) is 0 Å². The topological polar surface area (TPSA) is 67.2 Å². The highest BCUT2D eigenvalue weighted by molar-refractivity contribution is 5.85. The number of amides is 2. The third-order valence-corrected chi connectivity index (χ3v) is 4.16.